The number of methoxy groups -OCH3 is 1. The van der Waals surface area contributed by atoms with Crippen molar-refractivity contribution in [3.8, 4) is 0 Å². The Morgan fingerprint density at radius 2 is 2.19 bits per heavy atom. The maximum Gasteiger partial charge on any atom is 0.185 e. The van der Waals surface area contributed by atoms with Crippen molar-refractivity contribution in [2.24, 2.45) is 0 Å². The summed E-state index contributed by atoms with van der Waals surface area (Å²) in [6.07, 6.45) is 1.15. The maximum absolute atomic E-state index is 9.43. The monoisotopic (exact) mass is 304 g/mol. The molecule has 0 aliphatic carbocycles. The van der Waals surface area contributed by atoms with Gasteiger partial charge in [-0.05, 0) is 12.0 Å². The zero-order valence-corrected chi connectivity index (χ0v) is 13.0. The van der Waals surface area contributed by atoms with Crippen LogP contribution in [0.1, 0.15) is 28.5 Å². The summed E-state index contributed by atoms with van der Waals surface area (Å²) in [6.45, 7) is 2.51. The first-order valence-electron chi connectivity index (χ1n) is 7.20. The molecule has 0 saturated carbocycles. The maximum atomic E-state index is 9.43. The Morgan fingerprint density at radius 3 is 2.90 bits per heavy atom. The van der Waals surface area contributed by atoms with Gasteiger partial charge in [-0.15, -0.1) is 0 Å². The van der Waals surface area contributed by atoms with E-state index in [1.165, 1.54) is 5.56 Å². The summed E-state index contributed by atoms with van der Waals surface area (Å²) in [6, 6.07) is 10.7. The highest BCUT2D eigenvalue weighted by Gasteiger charge is 2.26. The molecule has 0 spiro atoms. The second kappa shape index (κ2) is 6.56. The Kier molecular flexibility index (Phi) is 4.53. The Hall–Kier alpha value is -1.43. The SMILES string of the molecule is COCc1nc(N2CCC(c3ccccc3)C2)sc1CO. The van der Waals surface area contributed by atoms with E-state index in [-0.39, 0.29) is 6.61 Å². The summed E-state index contributed by atoms with van der Waals surface area (Å²) < 4.78 is 5.15. The lowest BCUT2D eigenvalue weighted by Crippen LogP contribution is -2.19. The van der Waals surface area contributed by atoms with E-state index in [0.29, 0.717) is 12.5 Å². The standard InChI is InChI=1S/C16H20N2O2S/c1-20-11-14-15(10-19)21-16(17-14)18-8-7-13(9-18)12-5-3-2-4-6-12/h2-6,13,19H,7-11H2,1H3. The molecule has 1 N–H and O–H groups in total. The fraction of sp³-hybridized carbons (Fsp3) is 0.438. The van der Waals surface area contributed by atoms with Gasteiger partial charge in [-0.2, -0.15) is 0 Å². The first kappa shape index (κ1) is 14.5. The van der Waals surface area contributed by atoms with Crippen molar-refractivity contribution in [2.75, 3.05) is 25.1 Å². The van der Waals surface area contributed by atoms with Crippen molar-refractivity contribution >= 4 is 16.5 Å². The number of hydrogen-bond acceptors (Lipinski definition) is 5. The fourth-order valence-electron chi connectivity index (χ4n) is 2.81. The van der Waals surface area contributed by atoms with Crippen LogP contribution < -0.4 is 4.90 Å². The molecular formula is C16H20N2O2S. The summed E-state index contributed by atoms with van der Waals surface area (Å²) in [4.78, 5) is 7.87. The van der Waals surface area contributed by atoms with Gasteiger partial charge in [0.05, 0.1) is 23.8 Å². The molecule has 0 radical (unpaired) electrons. The largest absolute Gasteiger partial charge is 0.391 e. The number of hydrogen-bond donors (Lipinski definition) is 1. The van der Waals surface area contributed by atoms with Crippen LogP contribution in [0.4, 0.5) is 5.13 Å². The van der Waals surface area contributed by atoms with E-state index in [0.717, 1.165) is 35.2 Å². The molecule has 5 heteroatoms. The highest BCUT2D eigenvalue weighted by molar-refractivity contribution is 7.15. The molecule has 1 atom stereocenters. The van der Waals surface area contributed by atoms with Crippen LogP contribution in [-0.2, 0) is 18.0 Å². The summed E-state index contributed by atoms with van der Waals surface area (Å²) >= 11 is 1.58. The Labute approximate surface area is 129 Å². The molecule has 1 aliphatic heterocycles. The van der Waals surface area contributed by atoms with Gasteiger partial charge in [0.15, 0.2) is 5.13 Å². The van der Waals surface area contributed by atoms with E-state index in [1.54, 1.807) is 18.4 Å². The van der Waals surface area contributed by atoms with Crippen molar-refractivity contribution in [1.82, 2.24) is 4.98 Å². The smallest absolute Gasteiger partial charge is 0.185 e. The lowest BCUT2D eigenvalue weighted by atomic mass is 9.99. The molecule has 1 aromatic carbocycles. The van der Waals surface area contributed by atoms with Gasteiger partial charge in [0.25, 0.3) is 0 Å². The predicted octanol–water partition coefficient (Wildman–Crippen LogP) is 2.78. The van der Waals surface area contributed by atoms with Crippen molar-refractivity contribution in [3.63, 3.8) is 0 Å². The second-order valence-corrected chi connectivity index (χ2v) is 6.36. The van der Waals surface area contributed by atoms with Gasteiger partial charge in [-0.3, -0.25) is 0 Å². The minimum absolute atomic E-state index is 0.0340. The van der Waals surface area contributed by atoms with Crippen LogP contribution in [-0.4, -0.2) is 30.3 Å². The zero-order chi connectivity index (χ0) is 14.7. The van der Waals surface area contributed by atoms with Gasteiger partial charge in [-0.1, -0.05) is 41.7 Å². The summed E-state index contributed by atoms with van der Waals surface area (Å²) in [7, 11) is 1.65. The van der Waals surface area contributed by atoms with Gasteiger partial charge in [0, 0.05) is 26.1 Å². The van der Waals surface area contributed by atoms with Crippen LogP contribution >= 0.6 is 11.3 Å². The van der Waals surface area contributed by atoms with Crippen LogP contribution in [0.5, 0.6) is 0 Å². The summed E-state index contributed by atoms with van der Waals surface area (Å²) in [5.74, 6) is 0.568. The minimum atomic E-state index is 0.0340. The van der Waals surface area contributed by atoms with Crippen LogP contribution in [0, 0.1) is 0 Å². The third-order valence-corrected chi connectivity index (χ3v) is 5.06. The van der Waals surface area contributed by atoms with Gasteiger partial charge < -0.3 is 14.7 Å². The molecule has 0 bridgehead atoms. The Bertz CT molecular complexity index is 585. The molecule has 1 unspecified atom stereocenters. The van der Waals surface area contributed by atoms with Crippen LogP contribution in [0.25, 0.3) is 0 Å². The Balaban J connectivity index is 1.74. The third kappa shape index (κ3) is 3.10. The molecule has 2 aromatic rings. The average molecular weight is 304 g/mol. The first-order valence-corrected chi connectivity index (χ1v) is 8.01. The third-order valence-electron chi connectivity index (χ3n) is 3.92. The molecule has 1 fully saturated rings. The lowest BCUT2D eigenvalue weighted by Gasteiger charge is -2.15. The van der Waals surface area contributed by atoms with Gasteiger partial charge >= 0.3 is 0 Å². The highest BCUT2D eigenvalue weighted by atomic mass is 32.1. The normalized spacial score (nSPS) is 18.4. The number of rotatable bonds is 5. The summed E-state index contributed by atoms with van der Waals surface area (Å²) in [5, 5.41) is 10.4. The molecule has 1 aromatic heterocycles. The molecule has 3 rings (SSSR count). The quantitative estimate of drug-likeness (QED) is 0.922. The van der Waals surface area contributed by atoms with E-state index >= 15 is 0 Å². The second-order valence-electron chi connectivity index (χ2n) is 5.30. The van der Waals surface area contributed by atoms with E-state index in [9.17, 15) is 5.11 Å². The van der Waals surface area contributed by atoms with E-state index < -0.39 is 0 Å². The van der Waals surface area contributed by atoms with E-state index in [1.807, 2.05) is 0 Å². The van der Waals surface area contributed by atoms with Crippen LogP contribution in [0.3, 0.4) is 0 Å². The van der Waals surface area contributed by atoms with Gasteiger partial charge in [0.2, 0.25) is 0 Å². The minimum Gasteiger partial charge on any atom is -0.391 e. The van der Waals surface area contributed by atoms with Gasteiger partial charge in [0.1, 0.15) is 0 Å². The number of nitrogens with zero attached hydrogens (tertiary/aromatic N) is 2. The van der Waals surface area contributed by atoms with Gasteiger partial charge in [-0.25, -0.2) is 4.98 Å². The van der Waals surface area contributed by atoms with E-state index in [4.69, 9.17) is 4.74 Å². The number of benzene rings is 1. The topological polar surface area (TPSA) is 45.6 Å². The molecule has 0 amide bonds. The van der Waals surface area contributed by atoms with Crippen LogP contribution in [0.15, 0.2) is 30.3 Å². The predicted molar refractivity (Wildman–Crippen MR) is 84.8 cm³/mol. The molecule has 1 aliphatic rings. The van der Waals surface area contributed by atoms with Crippen molar-refractivity contribution in [3.05, 3.63) is 46.5 Å². The number of ether oxygens (including phenoxy) is 1. The van der Waals surface area contributed by atoms with E-state index in [2.05, 4.69) is 40.2 Å². The molecule has 21 heavy (non-hydrogen) atoms. The van der Waals surface area contributed by atoms with Crippen molar-refractivity contribution in [1.29, 1.82) is 0 Å². The molecule has 112 valence electrons. The number of aromatic nitrogens is 1. The average Bonchev–Trinajstić information content (AvgIpc) is 3.15. The number of aliphatic hydroxyl groups is 1. The zero-order valence-electron chi connectivity index (χ0n) is 12.2. The Morgan fingerprint density at radius 1 is 1.38 bits per heavy atom. The molecule has 4 nitrogen and oxygen atoms in total. The lowest BCUT2D eigenvalue weighted by molar-refractivity contribution is 0.179. The molecular weight excluding hydrogens is 284 g/mol. The molecule has 2 heterocycles. The number of anilines is 1. The summed E-state index contributed by atoms with van der Waals surface area (Å²) in [5.41, 5.74) is 2.26. The van der Waals surface area contributed by atoms with Crippen molar-refractivity contribution in [2.45, 2.75) is 25.6 Å². The van der Waals surface area contributed by atoms with Crippen molar-refractivity contribution < 1.29 is 9.84 Å². The fourth-order valence-corrected chi connectivity index (χ4v) is 3.77. The molecule has 1 saturated heterocycles. The number of aliphatic hydroxyl groups excluding tert-OH is 1. The highest BCUT2D eigenvalue weighted by Crippen LogP contribution is 2.34. The van der Waals surface area contributed by atoms with Crippen LogP contribution in [0.2, 0.25) is 0 Å². The number of thiazole rings is 1. The first-order chi connectivity index (χ1) is 10.3.